The van der Waals surface area contributed by atoms with Crippen LogP contribution in [0.25, 0.3) is 0 Å². The molecule has 2 nitrogen and oxygen atoms in total. The van der Waals surface area contributed by atoms with E-state index in [0.29, 0.717) is 0 Å². The van der Waals surface area contributed by atoms with Gasteiger partial charge in [-0.1, -0.05) is 114 Å². The molecule has 0 fully saturated rings. The smallest absolute Gasteiger partial charge is 0.101 e. The Balaban J connectivity index is 1.66. The lowest BCUT2D eigenvalue weighted by Crippen LogP contribution is -2.82. The van der Waals surface area contributed by atoms with Crippen LogP contribution in [0.2, 0.25) is 0 Å². The molecule has 0 aliphatic heterocycles. The fraction of sp³-hybridized carbons (Fsp3) is 0.769. The molecule has 0 heterocycles. The van der Waals surface area contributed by atoms with E-state index in [0.717, 1.165) is 19.3 Å². The predicted octanol–water partition coefficient (Wildman–Crippen LogP) is 5.71. The molecule has 165 valence electrons. The van der Waals surface area contributed by atoms with Crippen LogP contribution in [0.4, 0.5) is 0 Å². The van der Waals surface area contributed by atoms with Crippen molar-refractivity contribution in [1.82, 2.24) is 5.32 Å². The number of unbranched alkanes of at least 4 members (excludes halogenated alkanes) is 15. The van der Waals surface area contributed by atoms with Crippen LogP contribution in [-0.4, -0.2) is 29.5 Å². The lowest BCUT2D eigenvalue weighted by atomic mass is 10.0. The Labute approximate surface area is 185 Å². The first-order valence-electron chi connectivity index (χ1n) is 12.6. The summed E-state index contributed by atoms with van der Waals surface area (Å²) >= 11 is 0. The van der Waals surface area contributed by atoms with E-state index in [-0.39, 0.29) is 0 Å². The molecule has 0 saturated heterocycles. The highest BCUT2D eigenvalue weighted by Crippen LogP contribution is 2.13. The summed E-state index contributed by atoms with van der Waals surface area (Å²) in [5.74, 6) is 0. The van der Waals surface area contributed by atoms with Crippen LogP contribution in [0.1, 0.15) is 108 Å². The fourth-order valence-corrected chi connectivity index (χ4v) is 4.16. The van der Waals surface area contributed by atoms with Crippen molar-refractivity contribution in [2.75, 3.05) is 19.3 Å². The summed E-state index contributed by atoms with van der Waals surface area (Å²) in [6.45, 7) is 3.58. The van der Waals surface area contributed by atoms with E-state index in [1.165, 1.54) is 115 Å². The second-order valence-corrected chi connectivity index (χ2v) is 8.95. The zero-order valence-corrected chi connectivity index (χ0v) is 20.1. The van der Waals surface area contributed by atoms with Crippen molar-refractivity contribution in [3.63, 3.8) is 0 Å². The molecule has 0 aromatic heterocycles. The highest BCUT2D eigenvalue weighted by molar-refractivity contribution is 6.08. The lowest BCUT2D eigenvalue weighted by Gasteiger charge is -2.04. The minimum Gasteiger partial charge on any atom is -0.343 e. The van der Waals surface area contributed by atoms with Crippen LogP contribution < -0.4 is 10.6 Å². The third-order valence-corrected chi connectivity index (χ3v) is 6.11. The van der Waals surface area contributed by atoms with Gasteiger partial charge in [0, 0.05) is 15.8 Å². The highest BCUT2D eigenvalue weighted by atomic mass is 28.1. The predicted molar refractivity (Wildman–Crippen MR) is 129 cm³/mol. The van der Waals surface area contributed by atoms with E-state index < -0.39 is 0 Å². The number of hydrogen-bond acceptors (Lipinski definition) is 1. The van der Waals surface area contributed by atoms with Gasteiger partial charge in [-0.3, -0.25) is 0 Å². The van der Waals surface area contributed by atoms with Crippen molar-refractivity contribution in [3.05, 3.63) is 35.9 Å². The second kappa shape index (κ2) is 22.1. The minimum atomic E-state index is 0.925. The molecule has 1 rings (SSSR count). The van der Waals surface area contributed by atoms with Crippen LogP contribution in [0.5, 0.6) is 0 Å². The van der Waals surface area contributed by atoms with Gasteiger partial charge in [-0.15, -0.1) is 0 Å². The summed E-state index contributed by atoms with van der Waals surface area (Å²) in [5, 5.41) is 5.78. The normalized spacial score (nSPS) is 11.2. The molecule has 29 heavy (non-hydrogen) atoms. The van der Waals surface area contributed by atoms with Gasteiger partial charge < -0.3 is 10.6 Å². The Bertz CT molecular complexity index is 424. The molecule has 0 saturated carbocycles. The molecule has 0 amide bonds. The van der Waals surface area contributed by atoms with Crippen LogP contribution in [0.15, 0.2) is 30.3 Å². The molecule has 3 heteroatoms. The lowest BCUT2D eigenvalue weighted by molar-refractivity contribution is -0.671. The van der Waals surface area contributed by atoms with Crippen LogP contribution in [0, 0.1) is 0 Å². The number of rotatable bonds is 22. The molecule has 0 bridgehead atoms. The van der Waals surface area contributed by atoms with Gasteiger partial charge in [0.2, 0.25) is 0 Å². The molecular formula is C26H48N2Si+. The number of hydrogen-bond donors (Lipinski definition) is 2. The van der Waals surface area contributed by atoms with Crippen molar-refractivity contribution >= 4 is 10.2 Å². The minimum absolute atomic E-state index is 0.925. The van der Waals surface area contributed by atoms with Crippen molar-refractivity contribution < 1.29 is 5.32 Å². The summed E-state index contributed by atoms with van der Waals surface area (Å²) in [5.41, 5.74) is 1.45. The number of benzene rings is 1. The molecule has 1 aromatic rings. The average molecular weight is 417 g/mol. The van der Waals surface area contributed by atoms with Crippen molar-refractivity contribution in [2.45, 2.75) is 109 Å². The number of nitrogens with two attached hydrogens (primary N) is 1. The summed E-state index contributed by atoms with van der Waals surface area (Å²) in [6.07, 6.45) is 23.9. The van der Waals surface area contributed by atoms with Gasteiger partial charge in [0.05, 0.1) is 6.54 Å². The second-order valence-electron chi connectivity index (χ2n) is 8.60. The molecular weight excluding hydrogens is 368 g/mol. The van der Waals surface area contributed by atoms with Gasteiger partial charge in [-0.05, 0) is 32.0 Å². The van der Waals surface area contributed by atoms with E-state index in [2.05, 4.69) is 51.2 Å². The average Bonchev–Trinajstić information content (AvgIpc) is 2.75. The SMILES string of the molecule is [Si]CNCCCCCCCCCCCCCCCCCC[NH2+]Cc1ccccc1. The Kier molecular flexibility index (Phi) is 20.1. The van der Waals surface area contributed by atoms with Gasteiger partial charge in [0.1, 0.15) is 6.54 Å². The molecule has 1 aromatic carbocycles. The first kappa shape index (κ1) is 26.4. The summed E-state index contributed by atoms with van der Waals surface area (Å²) in [6, 6.07) is 10.8. The molecule has 0 unspecified atom stereocenters. The standard InChI is InChI=1S/C26H47N2Si/c29-25-28-23-19-14-12-10-8-6-4-2-1-3-5-7-9-11-13-18-22-27-24-26-20-16-15-17-21-26/h15-17,20-21,27-28H,1-14,18-19,22-25H2/p+1. The zero-order chi connectivity index (χ0) is 20.7. The van der Waals surface area contributed by atoms with E-state index in [9.17, 15) is 0 Å². The van der Waals surface area contributed by atoms with Crippen molar-refractivity contribution in [3.8, 4) is 0 Å². The Morgan fingerprint density at radius 3 is 1.52 bits per heavy atom. The van der Waals surface area contributed by atoms with E-state index in [1.807, 2.05) is 0 Å². The summed E-state index contributed by atoms with van der Waals surface area (Å²) in [7, 11) is 3.44. The van der Waals surface area contributed by atoms with E-state index >= 15 is 0 Å². The maximum atomic E-state index is 3.44. The molecule has 0 atom stereocenters. The Morgan fingerprint density at radius 1 is 0.586 bits per heavy atom. The zero-order valence-electron chi connectivity index (χ0n) is 19.1. The maximum Gasteiger partial charge on any atom is 0.101 e. The molecule has 0 aliphatic rings. The molecule has 0 aliphatic carbocycles. The third kappa shape index (κ3) is 19.1. The Hall–Kier alpha value is -0.643. The van der Waals surface area contributed by atoms with Crippen LogP contribution >= 0.6 is 0 Å². The van der Waals surface area contributed by atoms with Gasteiger partial charge in [0.15, 0.2) is 0 Å². The molecule has 3 radical (unpaired) electrons. The number of quaternary nitrogens is 1. The molecule has 3 N–H and O–H groups in total. The quantitative estimate of drug-likeness (QED) is 0.184. The van der Waals surface area contributed by atoms with Gasteiger partial charge in [-0.2, -0.15) is 0 Å². The highest BCUT2D eigenvalue weighted by Gasteiger charge is 1.97. The third-order valence-electron chi connectivity index (χ3n) is 5.86. The Morgan fingerprint density at radius 2 is 1.03 bits per heavy atom. The maximum absolute atomic E-state index is 3.44. The van der Waals surface area contributed by atoms with E-state index in [4.69, 9.17) is 0 Å². The van der Waals surface area contributed by atoms with Crippen molar-refractivity contribution in [2.24, 2.45) is 0 Å². The van der Waals surface area contributed by atoms with Gasteiger partial charge in [0.25, 0.3) is 0 Å². The molecule has 0 spiro atoms. The summed E-state index contributed by atoms with van der Waals surface area (Å²) < 4.78 is 0. The number of nitrogens with one attached hydrogen (secondary N) is 1. The fourth-order valence-electron chi connectivity index (χ4n) is 3.98. The summed E-state index contributed by atoms with van der Waals surface area (Å²) in [4.78, 5) is 0. The topological polar surface area (TPSA) is 28.6 Å². The van der Waals surface area contributed by atoms with Gasteiger partial charge >= 0.3 is 0 Å². The monoisotopic (exact) mass is 416 g/mol. The largest absolute Gasteiger partial charge is 0.343 e. The first-order valence-corrected chi connectivity index (χ1v) is 13.3. The van der Waals surface area contributed by atoms with Crippen LogP contribution in [0.3, 0.4) is 0 Å². The van der Waals surface area contributed by atoms with Gasteiger partial charge in [-0.25, -0.2) is 0 Å². The van der Waals surface area contributed by atoms with Crippen LogP contribution in [-0.2, 0) is 6.54 Å². The van der Waals surface area contributed by atoms with Crippen molar-refractivity contribution in [1.29, 1.82) is 0 Å². The first-order chi connectivity index (χ1) is 14.4. The van der Waals surface area contributed by atoms with E-state index in [1.54, 1.807) is 0 Å².